The van der Waals surface area contributed by atoms with Gasteiger partial charge in [-0.05, 0) is 18.2 Å². The molecule has 0 aliphatic heterocycles. The lowest BCUT2D eigenvalue weighted by molar-refractivity contribution is -0.137. The quantitative estimate of drug-likeness (QED) is 0.852. The molecule has 106 valence electrons. The fraction of sp³-hybridized carbons (Fsp3) is 0.154. The van der Waals surface area contributed by atoms with Crippen LogP contribution in [-0.2, 0) is 13.2 Å². The summed E-state index contributed by atoms with van der Waals surface area (Å²) in [6, 6.07) is 7.59. The topological polar surface area (TPSA) is 74.6 Å². The first kappa shape index (κ1) is 14.4. The minimum atomic E-state index is -4.49. The van der Waals surface area contributed by atoms with Crippen molar-refractivity contribution in [3.63, 3.8) is 0 Å². The van der Waals surface area contributed by atoms with Crippen LogP contribution < -0.4 is 4.74 Å². The van der Waals surface area contributed by atoms with Crippen LogP contribution in [0.4, 0.5) is 13.2 Å². The molecular weight excluding hydrogens is 285 g/mol. The molecule has 0 saturated carbocycles. The van der Waals surface area contributed by atoms with Gasteiger partial charge in [-0.3, -0.25) is 4.57 Å². The first-order valence-electron chi connectivity index (χ1n) is 5.59. The van der Waals surface area contributed by atoms with Gasteiger partial charge in [0.25, 0.3) is 0 Å². The number of nitrogens with zero attached hydrogens (tertiary/aromatic N) is 4. The van der Waals surface area contributed by atoms with E-state index >= 15 is 0 Å². The maximum atomic E-state index is 12.6. The second-order valence-corrected chi connectivity index (χ2v) is 4.00. The number of hydrogen-bond acceptors (Lipinski definition) is 4. The number of imidazole rings is 1. The summed E-state index contributed by atoms with van der Waals surface area (Å²) in [6.45, 7) is 0. The van der Waals surface area contributed by atoms with Crippen LogP contribution in [0.25, 0.3) is 0 Å². The van der Waals surface area contributed by atoms with Gasteiger partial charge in [0.1, 0.15) is 17.9 Å². The van der Waals surface area contributed by atoms with E-state index in [0.29, 0.717) is 0 Å². The lowest BCUT2D eigenvalue weighted by atomic mass is 10.2. The highest BCUT2D eigenvalue weighted by molar-refractivity contribution is 5.40. The highest BCUT2D eigenvalue weighted by Crippen LogP contribution is 2.32. The summed E-state index contributed by atoms with van der Waals surface area (Å²) in [6.07, 6.45) is -4.49. The molecule has 1 aromatic heterocycles. The van der Waals surface area contributed by atoms with E-state index in [2.05, 4.69) is 4.98 Å². The second kappa shape index (κ2) is 5.17. The Morgan fingerprint density at radius 2 is 1.95 bits per heavy atom. The zero-order chi connectivity index (χ0) is 15.6. The van der Waals surface area contributed by atoms with Crippen LogP contribution in [0.1, 0.15) is 17.0 Å². The molecule has 8 heteroatoms. The third kappa shape index (κ3) is 2.79. The van der Waals surface area contributed by atoms with Crippen LogP contribution in [0.15, 0.2) is 24.3 Å². The summed E-state index contributed by atoms with van der Waals surface area (Å²) in [4.78, 5) is 3.76. The average Bonchev–Trinajstić information content (AvgIpc) is 2.74. The highest BCUT2D eigenvalue weighted by Gasteiger charge is 2.30. The van der Waals surface area contributed by atoms with Crippen LogP contribution >= 0.6 is 0 Å². The molecule has 0 unspecified atom stereocenters. The fourth-order valence-corrected chi connectivity index (χ4v) is 1.62. The van der Waals surface area contributed by atoms with Crippen molar-refractivity contribution in [2.24, 2.45) is 7.05 Å². The second-order valence-electron chi connectivity index (χ2n) is 4.00. The molecule has 0 amide bonds. The number of halogens is 3. The van der Waals surface area contributed by atoms with E-state index in [1.807, 2.05) is 0 Å². The lowest BCUT2D eigenvalue weighted by Gasteiger charge is -2.09. The molecule has 0 N–H and O–H groups in total. The van der Waals surface area contributed by atoms with Crippen molar-refractivity contribution >= 4 is 0 Å². The standard InChI is InChI=1S/C13H7F3N4O/c1-20-11(7-18)10(6-17)19-12(20)21-9-4-2-3-8(5-9)13(14,15)16/h2-5H,1H3. The zero-order valence-corrected chi connectivity index (χ0v) is 10.6. The fourth-order valence-electron chi connectivity index (χ4n) is 1.62. The van der Waals surface area contributed by atoms with E-state index in [0.717, 1.165) is 12.1 Å². The van der Waals surface area contributed by atoms with Crippen molar-refractivity contribution in [1.29, 1.82) is 10.5 Å². The van der Waals surface area contributed by atoms with E-state index in [1.54, 1.807) is 12.1 Å². The molecule has 1 aromatic carbocycles. The molecule has 2 aromatic rings. The Hall–Kier alpha value is -3.00. The Morgan fingerprint density at radius 3 is 2.48 bits per heavy atom. The van der Waals surface area contributed by atoms with Crippen molar-refractivity contribution in [1.82, 2.24) is 9.55 Å². The molecule has 0 bridgehead atoms. The molecule has 0 saturated heterocycles. The smallest absolute Gasteiger partial charge is 0.416 e. The number of aromatic nitrogens is 2. The maximum absolute atomic E-state index is 12.6. The SMILES string of the molecule is Cn1c(Oc2cccc(C(F)(F)F)c2)nc(C#N)c1C#N. The third-order valence-electron chi connectivity index (χ3n) is 2.64. The van der Waals surface area contributed by atoms with Gasteiger partial charge in [0.05, 0.1) is 5.56 Å². The maximum Gasteiger partial charge on any atom is 0.416 e. The molecule has 0 fully saturated rings. The number of benzene rings is 1. The molecule has 2 rings (SSSR count). The van der Waals surface area contributed by atoms with E-state index < -0.39 is 11.7 Å². The molecule has 0 aliphatic carbocycles. The van der Waals surface area contributed by atoms with Gasteiger partial charge >= 0.3 is 12.2 Å². The van der Waals surface area contributed by atoms with E-state index in [-0.39, 0.29) is 23.1 Å². The predicted octanol–water partition coefficient (Wildman–Crippen LogP) is 2.97. The summed E-state index contributed by atoms with van der Waals surface area (Å²) in [5.41, 5.74) is -1.04. The van der Waals surface area contributed by atoms with Crippen molar-refractivity contribution in [2.75, 3.05) is 0 Å². The average molecular weight is 292 g/mol. The molecule has 0 aliphatic rings. The number of hydrogen-bond donors (Lipinski definition) is 0. The van der Waals surface area contributed by atoms with Crippen LogP contribution in [0.3, 0.4) is 0 Å². The number of nitriles is 2. The number of alkyl halides is 3. The van der Waals surface area contributed by atoms with Crippen LogP contribution in [0.5, 0.6) is 11.8 Å². The summed E-state index contributed by atoms with van der Waals surface area (Å²) < 4.78 is 44.2. The Labute approximate surface area is 117 Å². The first-order chi connectivity index (χ1) is 9.86. The van der Waals surface area contributed by atoms with Crippen LogP contribution in [0.2, 0.25) is 0 Å². The summed E-state index contributed by atoms with van der Waals surface area (Å²) >= 11 is 0. The van der Waals surface area contributed by atoms with E-state index in [1.165, 1.54) is 23.7 Å². The van der Waals surface area contributed by atoms with E-state index in [4.69, 9.17) is 15.3 Å². The molecule has 5 nitrogen and oxygen atoms in total. The minimum Gasteiger partial charge on any atom is -0.425 e. The van der Waals surface area contributed by atoms with Gasteiger partial charge in [0.2, 0.25) is 0 Å². The van der Waals surface area contributed by atoms with Gasteiger partial charge in [-0.2, -0.15) is 28.7 Å². The van der Waals surface area contributed by atoms with Crippen molar-refractivity contribution in [2.45, 2.75) is 6.18 Å². The largest absolute Gasteiger partial charge is 0.425 e. The van der Waals surface area contributed by atoms with Gasteiger partial charge in [0.15, 0.2) is 11.4 Å². The van der Waals surface area contributed by atoms with Gasteiger partial charge in [-0.1, -0.05) is 6.07 Å². The van der Waals surface area contributed by atoms with Gasteiger partial charge in [0, 0.05) is 7.05 Å². The van der Waals surface area contributed by atoms with Gasteiger partial charge in [-0.25, -0.2) is 0 Å². The summed E-state index contributed by atoms with van der Waals surface area (Å²) in [7, 11) is 1.43. The molecule has 0 atom stereocenters. The van der Waals surface area contributed by atoms with Crippen molar-refractivity contribution < 1.29 is 17.9 Å². The monoisotopic (exact) mass is 292 g/mol. The Balaban J connectivity index is 2.38. The zero-order valence-electron chi connectivity index (χ0n) is 10.6. The van der Waals surface area contributed by atoms with Crippen LogP contribution in [0, 0.1) is 22.7 Å². The molecule has 0 radical (unpaired) electrons. The molecular formula is C13H7F3N4O. The number of ether oxygens (including phenoxy) is 1. The predicted molar refractivity (Wildman–Crippen MR) is 64.2 cm³/mol. The summed E-state index contributed by atoms with van der Waals surface area (Å²) in [5, 5.41) is 17.7. The lowest BCUT2D eigenvalue weighted by Crippen LogP contribution is -2.05. The molecule has 1 heterocycles. The molecule has 21 heavy (non-hydrogen) atoms. The Bertz CT molecular complexity index is 765. The Morgan fingerprint density at radius 1 is 1.24 bits per heavy atom. The highest BCUT2D eigenvalue weighted by atomic mass is 19.4. The normalized spacial score (nSPS) is 10.8. The molecule has 0 spiro atoms. The van der Waals surface area contributed by atoms with Gasteiger partial charge < -0.3 is 4.74 Å². The van der Waals surface area contributed by atoms with Crippen molar-refractivity contribution in [3.8, 4) is 23.9 Å². The van der Waals surface area contributed by atoms with Crippen molar-refractivity contribution in [3.05, 3.63) is 41.2 Å². The van der Waals surface area contributed by atoms with E-state index in [9.17, 15) is 13.2 Å². The van der Waals surface area contributed by atoms with Crippen LogP contribution in [-0.4, -0.2) is 9.55 Å². The third-order valence-corrected chi connectivity index (χ3v) is 2.64. The minimum absolute atomic E-state index is 0.0283. The summed E-state index contributed by atoms with van der Waals surface area (Å²) in [5.74, 6) is -0.0908. The Kier molecular flexibility index (Phi) is 3.55. The van der Waals surface area contributed by atoms with Gasteiger partial charge in [-0.15, -0.1) is 0 Å². The number of rotatable bonds is 2. The first-order valence-corrected chi connectivity index (χ1v) is 5.59.